The number of nitrogens with one attached hydrogen (secondary N) is 1. The quantitative estimate of drug-likeness (QED) is 0.482. The third kappa shape index (κ3) is 5.10. The molecule has 1 aromatic heterocycles. The third-order valence-electron chi connectivity index (χ3n) is 5.45. The number of benzene rings is 2. The largest absolute Gasteiger partial charge is 0.481 e. The Morgan fingerprint density at radius 3 is 2.36 bits per heavy atom. The van der Waals surface area contributed by atoms with Gasteiger partial charge in [-0.05, 0) is 38.8 Å². The Bertz CT molecular complexity index is 1340. The first-order valence-corrected chi connectivity index (χ1v) is 11.9. The van der Waals surface area contributed by atoms with Gasteiger partial charge in [-0.2, -0.15) is 0 Å². The maximum Gasteiger partial charge on any atom is 0.305 e. The lowest BCUT2D eigenvalue weighted by atomic mass is 10.1. The Kier molecular flexibility index (Phi) is 6.94. The zero-order valence-corrected chi connectivity index (χ0v) is 19.9. The molecule has 0 aliphatic rings. The van der Waals surface area contributed by atoms with Crippen molar-refractivity contribution < 1.29 is 18.3 Å². The summed E-state index contributed by atoms with van der Waals surface area (Å²) in [6, 6.07) is 10.5. The van der Waals surface area contributed by atoms with Crippen molar-refractivity contribution in [1.82, 2.24) is 4.98 Å². The van der Waals surface area contributed by atoms with Crippen LogP contribution in [0.15, 0.2) is 47.5 Å². The van der Waals surface area contributed by atoms with E-state index in [0.29, 0.717) is 22.2 Å². The molecule has 8 heteroatoms. The fraction of sp³-hybridized carbons (Fsp3) is 0.280. The number of rotatable bonds is 8. The fourth-order valence-electron chi connectivity index (χ4n) is 4.20. The van der Waals surface area contributed by atoms with Crippen molar-refractivity contribution in [2.24, 2.45) is 0 Å². The molecular formula is C25H27N3O4S. The van der Waals surface area contributed by atoms with Crippen molar-refractivity contribution >= 4 is 38.3 Å². The molecule has 7 nitrogen and oxygen atoms in total. The van der Waals surface area contributed by atoms with E-state index in [-0.39, 0.29) is 29.7 Å². The van der Waals surface area contributed by atoms with Crippen molar-refractivity contribution in [2.75, 3.05) is 16.2 Å². The van der Waals surface area contributed by atoms with Crippen molar-refractivity contribution in [1.29, 1.82) is 0 Å². The van der Waals surface area contributed by atoms with Gasteiger partial charge in [0.05, 0.1) is 29.7 Å². The van der Waals surface area contributed by atoms with Gasteiger partial charge < -0.3 is 10.0 Å². The lowest BCUT2D eigenvalue weighted by Gasteiger charge is -2.29. The second-order valence-electron chi connectivity index (χ2n) is 8.15. The minimum absolute atomic E-state index is 0.101. The number of carboxylic acids is 1. The molecule has 0 unspecified atom stereocenters. The molecule has 0 radical (unpaired) electrons. The number of aryl methyl sites for hydroxylation is 3. The Morgan fingerprint density at radius 1 is 1.18 bits per heavy atom. The molecule has 172 valence electrons. The SMILES string of the molecule is C#CCN(c1cnc(NS(=O)(=O)c2c(C)cc(C)cc2C)c2ccccc12)[C@@H](C)CC(=O)O. The van der Waals surface area contributed by atoms with Crippen LogP contribution in [0.1, 0.15) is 30.0 Å². The number of anilines is 2. The van der Waals surface area contributed by atoms with E-state index in [9.17, 15) is 18.3 Å². The average molecular weight is 466 g/mol. The number of carboxylic acid groups (broad SMARTS) is 1. The summed E-state index contributed by atoms with van der Waals surface area (Å²) in [5, 5.41) is 10.5. The molecule has 0 spiro atoms. The highest BCUT2D eigenvalue weighted by Gasteiger charge is 2.24. The van der Waals surface area contributed by atoms with Gasteiger partial charge in [0, 0.05) is 16.8 Å². The molecular weight excluding hydrogens is 438 g/mol. The van der Waals surface area contributed by atoms with Crippen LogP contribution < -0.4 is 9.62 Å². The predicted octanol–water partition coefficient (Wildman–Crippen LogP) is 4.26. The van der Waals surface area contributed by atoms with E-state index in [4.69, 9.17) is 6.42 Å². The summed E-state index contributed by atoms with van der Waals surface area (Å²) in [5.41, 5.74) is 2.94. The average Bonchev–Trinajstić information content (AvgIpc) is 2.71. The minimum atomic E-state index is -3.89. The fourth-order valence-corrected chi connectivity index (χ4v) is 5.68. The van der Waals surface area contributed by atoms with Crippen molar-refractivity contribution in [2.45, 2.75) is 45.1 Å². The minimum Gasteiger partial charge on any atom is -0.481 e. The molecule has 0 saturated heterocycles. The van der Waals surface area contributed by atoms with Gasteiger partial charge in [0.15, 0.2) is 0 Å². The molecule has 0 amide bonds. The number of fused-ring (bicyclic) bond motifs is 1. The van der Waals surface area contributed by atoms with E-state index in [1.54, 1.807) is 37.8 Å². The summed E-state index contributed by atoms with van der Waals surface area (Å²) in [6.45, 7) is 7.42. The van der Waals surface area contributed by atoms with Crippen molar-refractivity contribution in [3.8, 4) is 12.3 Å². The van der Waals surface area contributed by atoms with Gasteiger partial charge in [-0.1, -0.05) is 47.9 Å². The summed E-state index contributed by atoms with van der Waals surface area (Å²) < 4.78 is 29.2. The van der Waals surface area contributed by atoms with Gasteiger partial charge in [-0.25, -0.2) is 13.4 Å². The number of aliphatic carboxylic acids is 1. The summed E-state index contributed by atoms with van der Waals surface area (Å²) in [7, 11) is -3.89. The zero-order chi connectivity index (χ0) is 24.3. The van der Waals surface area contributed by atoms with Crippen LogP contribution in [-0.4, -0.2) is 37.1 Å². The first-order valence-electron chi connectivity index (χ1n) is 10.5. The number of pyridine rings is 1. The smallest absolute Gasteiger partial charge is 0.305 e. The summed E-state index contributed by atoms with van der Waals surface area (Å²) in [4.78, 5) is 17.7. The van der Waals surface area contributed by atoms with E-state index < -0.39 is 16.0 Å². The van der Waals surface area contributed by atoms with Gasteiger partial charge in [-0.15, -0.1) is 6.42 Å². The number of sulfonamides is 1. The molecule has 33 heavy (non-hydrogen) atoms. The molecule has 2 N–H and O–H groups in total. The molecule has 1 atom stereocenters. The topological polar surface area (TPSA) is 99.6 Å². The number of nitrogens with zero attached hydrogens (tertiary/aromatic N) is 2. The van der Waals surface area contributed by atoms with Crippen LogP contribution in [-0.2, 0) is 14.8 Å². The maximum absolute atomic E-state index is 13.3. The molecule has 0 aliphatic heterocycles. The molecule has 0 saturated carbocycles. The second kappa shape index (κ2) is 9.51. The van der Waals surface area contributed by atoms with Crippen molar-refractivity contribution in [3.05, 3.63) is 59.3 Å². The Hall–Kier alpha value is -3.57. The molecule has 0 aliphatic carbocycles. The number of terminal acetylenes is 1. The summed E-state index contributed by atoms with van der Waals surface area (Å²) in [6.07, 6.45) is 6.98. The normalized spacial score (nSPS) is 12.2. The van der Waals surface area contributed by atoms with Crippen LogP contribution in [0.3, 0.4) is 0 Å². The van der Waals surface area contributed by atoms with Crippen LogP contribution in [0.4, 0.5) is 11.5 Å². The van der Waals surface area contributed by atoms with Gasteiger partial charge in [-0.3, -0.25) is 9.52 Å². The van der Waals surface area contributed by atoms with E-state index >= 15 is 0 Å². The second-order valence-corrected chi connectivity index (χ2v) is 9.77. The monoisotopic (exact) mass is 465 g/mol. The first-order chi connectivity index (χ1) is 15.5. The number of aromatic nitrogens is 1. The van der Waals surface area contributed by atoms with E-state index in [1.165, 1.54) is 6.20 Å². The Balaban J connectivity index is 2.11. The molecule has 0 bridgehead atoms. The van der Waals surface area contributed by atoms with E-state index in [1.807, 2.05) is 31.2 Å². The first kappa shape index (κ1) is 24.1. The van der Waals surface area contributed by atoms with Gasteiger partial charge in [0.2, 0.25) is 0 Å². The van der Waals surface area contributed by atoms with Crippen LogP contribution in [0.25, 0.3) is 10.8 Å². The summed E-state index contributed by atoms with van der Waals surface area (Å²) >= 11 is 0. The van der Waals surface area contributed by atoms with E-state index in [2.05, 4.69) is 15.6 Å². The molecule has 1 heterocycles. The Morgan fingerprint density at radius 2 is 1.79 bits per heavy atom. The molecule has 0 fully saturated rings. The molecule has 2 aromatic carbocycles. The van der Waals surface area contributed by atoms with Crippen LogP contribution >= 0.6 is 0 Å². The van der Waals surface area contributed by atoms with Gasteiger partial charge >= 0.3 is 5.97 Å². The highest BCUT2D eigenvalue weighted by atomic mass is 32.2. The lowest BCUT2D eigenvalue weighted by Crippen LogP contribution is -2.35. The van der Waals surface area contributed by atoms with Crippen molar-refractivity contribution in [3.63, 3.8) is 0 Å². The van der Waals surface area contributed by atoms with Gasteiger partial charge in [0.1, 0.15) is 5.82 Å². The van der Waals surface area contributed by atoms with Gasteiger partial charge in [0.25, 0.3) is 10.0 Å². The number of hydrogen-bond donors (Lipinski definition) is 2. The highest BCUT2D eigenvalue weighted by Crippen LogP contribution is 2.33. The van der Waals surface area contributed by atoms with Crippen LogP contribution in [0.2, 0.25) is 0 Å². The molecule has 3 rings (SSSR count). The number of hydrogen-bond acceptors (Lipinski definition) is 5. The predicted molar refractivity (Wildman–Crippen MR) is 131 cm³/mol. The molecule has 3 aromatic rings. The van der Waals surface area contributed by atoms with Crippen LogP contribution in [0, 0.1) is 33.1 Å². The maximum atomic E-state index is 13.3. The van der Waals surface area contributed by atoms with E-state index in [0.717, 1.165) is 10.9 Å². The lowest BCUT2D eigenvalue weighted by molar-refractivity contribution is -0.137. The zero-order valence-electron chi connectivity index (χ0n) is 19.1. The highest BCUT2D eigenvalue weighted by molar-refractivity contribution is 7.92. The summed E-state index contributed by atoms with van der Waals surface area (Å²) in [5.74, 6) is 1.83. The third-order valence-corrected chi connectivity index (χ3v) is 7.10. The Labute approximate surface area is 194 Å². The number of carbonyl (C=O) groups is 1. The standard InChI is InChI=1S/C25H27N3O4S/c1-6-11-28(19(5)14-23(29)30)22-15-26-25(21-10-8-7-9-20(21)22)27-33(31,32)24-17(3)12-16(2)13-18(24)4/h1,7-10,12-13,15,19H,11,14H2,2-5H3,(H,26,27)(H,29,30)/t19-/m0/s1. The van der Waals surface area contributed by atoms with Crippen LogP contribution in [0.5, 0.6) is 0 Å².